The van der Waals surface area contributed by atoms with E-state index in [1.807, 2.05) is 0 Å². The van der Waals surface area contributed by atoms with Gasteiger partial charge < -0.3 is 15.0 Å². The zero-order chi connectivity index (χ0) is 11.2. The van der Waals surface area contributed by atoms with Crippen LogP contribution in [0.3, 0.4) is 0 Å². The van der Waals surface area contributed by atoms with Crippen LogP contribution in [0.25, 0.3) is 0 Å². The molecule has 1 unspecified atom stereocenters. The van der Waals surface area contributed by atoms with Crippen LogP contribution in [0.1, 0.15) is 32.1 Å². The van der Waals surface area contributed by atoms with Gasteiger partial charge >= 0.3 is 0 Å². The lowest BCUT2D eigenvalue weighted by Crippen LogP contribution is -2.43. The molecule has 2 aliphatic rings. The first-order valence-electron chi connectivity index (χ1n) is 6.85. The minimum absolute atomic E-state index is 0.747. The molecule has 0 aromatic rings. The molecule has 0 aromatic heterocycles. The fourth-order valence-corrected chi connectivity index (χ4v) is 2.35. The molecule has 0 spiro atoms. The molecule has 2 rings (SSSR count). The lowest BCUT2D eigenvalue weighted by molar-refractivity contribution is 0.121. The fourth-order valence-electron chi connectivity index (χ4n) is 2.35. The van der Waals surface area contributed by atoms with Gasteiger partial charge in [0.15, 0.2) is 0 Å². The molecule has 2 fully saturated rings. The highest BCUT2D eigenvalue weighted by molar-refractivity contribution is 4.76. The van der Waals surface area contributed by atoms with Crippen molar-refractivity contribution in [1.82, 2.24) is 10.2 Å². The van der Waals surface area contributed by atoms with Crippen LogP contribution in [0, 0.1) is 5.92 Å². The molecule has 0 aromatic carbocycles. The van der Waals surface area contributed by atoms with E-state index in [-0.39, 0.29) is 0 Å². The molecular weight excluding hydrogens is 200 g/mol. The van der Waals surface area contributed by atoms with Gasteiger partial charge in [-0.25, -0.2) is 0 Å². The van der Waals surface area contributed by atoms with E-state index in [2.05, 4.69) is 17.3 Å². The van der Waals surface area contributed by atoms with Gasteiger partial charge in [0, 0.05) is 25.7 Å². The van der Waals surface area contributed by atoms with Crippen molar-refractivity contribution in [3.8, 4) is 0 Å². The van der Waals surface area contributed by atoms with Crippen molar-refractivity contribution in [3.63, 3.8) is 0 Å². The third-order valence-electron chi connectivity index (χ3n) is 3.78. The van der Waals surface area contributed by atoms with Crippen LogP contribution < -0.4 is 5.32 Å². The Balaban J connectivity index is 1.43. The molecule has 94 valence electrons. The summed E-state index contributed by atoms with van der Waals surface area (Å²) >= 11 is 0. The molecule has 0 radical (unpaired) electrons. The monoisotopic (exact) mass is 226 g/mol. The predicted molar refractivity (Wildman–Crippen MR) is 66.7 cm³/mol. The molecule has 1 aliphatic heterocycles. The molecule has 1 saturated heterocycles. The molecule has 1 aliphatic carbocycles. The number of rotatable bonds is 7. The second-order valence-corrected chi connectivity index (χ2v) is 5.35. The van der Waals surface area contributed by atoms with Crippen molar-refractivity contribution >= 4 is 0 Å². The van der Waals surface area contributed by atoms with Crippen LogP contribution in [0.15, 0.2) is 0 Å². The van der Waals surface area contributed by atoms with E-state index in [4.69, 9.17) is 4.74 Å². The molecule has 1 atom stereocenters. The second-order valence-electron chi connectivity index (χ2n) is 5.35. The molecule has 3 heteroatoms. The lowest BCUT2D eigenvalue weighted by Gasteiger charge is -2.32. The van der Waals surface area contributed by atoms with E-state index in [0.29, 0.717) is 0 Å². The van der Waals surface area contributed by atoms with Crippen LogP contribution in [0.4, 0.5) is 0 Å². The van der Waals surface area contributed by atoms with Gasteiger partial charge in [-0.15, -0.1) is 0 Å². The topological polar surface area (TPSA) is 24.5 Å². The van der Waals surface area contributed by atoms with Crippen LogP contribution in [-0.2, 0) is 4.74 Å². The second kappa shape index (κ2) is 6.58. The number of nitrogens with one attached hydrogen (secondary N) is 1. The molecule has 1 heterocycles. The van der Waals surface area contributed by atoms with E-state index in [0.717, 1.165) is 38.3 Å². The Labute approximate surface area is 99.5 Å². The highest BCUT2D eigenvalue weighted by Gasteiger charge is 2.21. The zero-order valence-electron chi connectivity index (χ0n) is 10.6. The van der Waals surface area contributed by atoms with Gasteiger partial charge in [-0.1, -0.05) is 6.42 Å². The molecule has 1 saturated carbocycles. The molecule has 3 nitrogen and oxygen atoms in total. The van der Waals surface area contributed by atoms with E-state index in [1.165, 1.54) is 38.6 Å². The Morgan fingerprint density at radius 1 is 1.25 bits per heavy atom. The van der Waals surface area contributed by atoms with E-state index < -0.39 is 0 Å². The minimum Gasteiger partial charge on any atom is -0.380 e. The number of hydrogen-bond acceptors (Lipinski definition) is 3. The normalized spacial score (nSPS) is 27.2. The van der Waals surface area contributed by atoms with Gasteiger partial charge in [0.25, 0.3) is 0 Å². The Bertz CT molecular complexity index is 194. The maximum Gasteiger partial charge on any atom is 0.0591 e. The molecule has 16 heavy (non-hydrogen) atoms. The van der Waals surface area contributed by atoms with E-state index in [1.54, 1.807) is 0 Å². The average molecular weight is 226 g/mol. The van der Waals surface area contributed by atoms with Gasteiger partial charge in [-0.05, 0) is 45.2 Å². The maximum absolute atomic E-state index is 5.60. The van der Waals surface area contributed by atoms with Crippen LogP contribution >= 0.6 is 0 Å². The van der Waals surface area contributed by atoms with Gasteiger partial charge in [0.1, 0.15) is 0 Å². The number of nitrogens with zero attached hydrogens (tertiary/aromatic N) is 1. The van der Waals surface area contributed by atoms with E-state index >= 15 is 0 Å². The first-order valence-corrected chi connectivity index (χ1v) is 6.85. The zero-order valence-corrected chi connectivity index (χ0v) is 10.6. The Morgan fingerprint density at radius 2 is 2.12 bits per heavy atom. The first-order chi connectivity index (χ1) is 7.86. The number of ether oxygens (including phenoxy) is 1. The maximum atomic E-state index is 5.60. The summed E-state index contributed by atoms with van der Waals surface area (Å²) in [4.78, 5) is 2.49. The van der Waals surface area contributed by atoms with Crippen molar-refractivity contribution in [2.24, 2.45) is 5.92 Å². The van der Waals surface area contributed by atoms with Crippen LogP contribution in [0.2, 0.25) is 0 Å². The van der Waals surface area contributed by atoms with Crippen molar-refractivity contribution in [3.05, 3.63) is 0 Å². The minimum atomic E-state index is 0.747. The number of likely N-dealkylation sites (tertiary alicyclic amines) is 1. The third kappa shape index (κ3) is 4.40. The standard InChI is InChI=1S/C13H26N2O/c1-15-8-3-2-4-13(15)10-14-7-9-16-11-12-5-6-12/h12-14H,2-11H2,1H3. The average Bonchev–Trinajstić information content (AvgIpc) is 3.09. The summed E-state index contributed by atoms with van der Waals surface area (Å²) in [6, 6.07) is 0.747. The summed E-state index contributed by atoms with van der Waals surface area (Å²) in [6.45, 7) is 5.28. The summed E-state index contributed by atoms with van der Waals surface area (Å²) in [7, 11) is 2.25. The molecule has 0 bridgehead atoms. The van der Waals surface area contributed by atoms with Gasteiger partial charge in [-0.3, -0.25) is 0 Å². The summed E-state index contributed by atoms with van der Waals surface area (Å²) in [5, 5.41) is 3.51. The van der Waals surface area contributed by atoms with Crippen molar-refractivity contribution in [1.29, 1.82) is 0 Å². The van der Waals surface area contributed by atoms with Crippen molar-refractivity contribution in [2.75, 3.05) is 39.9 Å². The third-order valence-corrected chi connectivity index (χ3v) is 3.78. The Hall–Kier alpha value is -0.120. The Kier molecular flexibility index (Phi) is 5.07. The van der Waals surface area contributed by atoms with Crippen molar-refractivity contribution in [2.45, 2.75) is 38.1 Å². The summed E-state index contributed by atoms with van der Waals surface area (Å²) in [6.07, 6.45) is 6.90. The predicted octanol–water partition coefficient (Wildman–Crippen LogP) is 1.49. The smallest absolute Gasteiger partial charge is 0.0591 e. The Morgan fingerprint density at radius 3 is 2.88 bits per heavy atom. The number of hydrogen-bond donors (Lipinski definition) is 1. The van der Waals surface area contributed by atoms with Gasteiger partial charge in [-0.2, -0.15) is 0 Å². The SMILES string of the molecule is CN1CCCCC1CNCCOCC1CC1. The quantitative estimate of drug-likeness (QED) is 0.666. The summed E-state index contributed by atoms with van der Waals surface area (Å²) in [5.74, 6) is 0.893. The fraction of sp³-hybridized carbons (Fsp3) is 1.00. The van der Waals surface area contributed by atoms with Crippen LogP contribution in [-0.4, -0.2) is 50.8 Å². The van der Waals surface area contributed by atoms with Gasteiger partial charge in [0.2, 0.25) is 0 Å². The first kappa shape index (κ1) is 12.3. The van der Waals surface area contributed by atoms with E-state index in [9.17, 15) is 0 Å². The molecule has 0 amide bonds. The van der Waals surface area contributed by atoms with Crippen LogP contribution in [0.5, 0.6) is 0 Å². The molecular formula is C13H26N2O. The summed E-state index contributed by atoms with van der Waals surface area (Å²) in [5.41, 5.74) is 0. The highest BCUT2D eigenvalue weighted by Crippen LogP contribution is 2.28. The lowest BCUT2D eigenvalue weighted by atomic mass is 10.0. The number of piperidine rings is 1. The molecule has 1 N–H and O–H groups in total. The number of likely N-dealkylation sites (N-methyl/N-ethyl adjacent to an activating group) is 1. The summed E-state index contributed by atoms with van der Waals surface area (Å²) < 4.78 is 5.60. The highest BCUT2D eigenvalue weighted by atomic mass is 16.5. The van der Waals surface area contributed by atoms with Crippen molar-refractivity contribution < 1.29 is 4.74 Å². The van der Waals surface area contributed by atoms with Gasteiger partial charge in [0.05, 0.1) is 6.61 Å². The largest absolute Gasteiger partial charge is 0.380 e.